The number of carbonyl (C=O) groups excluding carboxylic acids is 1. The fraction of sp³-hybridized carbons (Fsp3) is 0.522. The van der Waals surface area contributed by atoms with Crippen molar-refractivity contribution in [1.82, 2.24) is 30.0 Å². The summed E-state index contributed by atoms with van der Waals surface area (Å²) in [6, 6.07) is 1.82. The van der Waals surface area contributed by atoms with E-state index in [1.165, 1.54) is 12.8 Å². The molecule has 32 heavy (non-hydrogen) atoms. The molecule has 9 nitrogen and oxygen atoms in total. The summed E-state index contributed by atoms with van der Waals surface area (Å²) in [5.74, 6) is 1.11. The minimum absolute atomic E-state index is 0.0206. The van der Waals surface area contributed by atoms with E-state index in [2.05, 4.69) is 30.3 Å². The maximum Gasteiger partial charge on any atom is 0.273 e. The van der Waals surface area contributed by atoms with Gasteiger partial charge < -0.3 is 10.2 Å². The largest absolute Gasteiger partial charge is 0.350 e. The molecule has 3 aromatic heterocycles. The van der Waals surface area contributed by atoms with Gasteiger partial charge in [-0.1, -0.05) is 12.8 Å². The lowest BCUT2D eigenvalue weighted by Gasteiger charge is -2.33. The Labute approximate surface area is 186 Å². The first-order valence-electron chi connectivity index (χ1n) is 11.3. The van der Waals surface area contributed by atoms with Crippen LogP contribution in [0.1, 0.15) is 48.9 Å². The number of nitrogens with zero attached hydrogens (tertiary/aromatic N) is 5. The number of rotatable bonds is 4. The van der Waals surface area contributed by atoms with Gasteiger partial charge in [-0.05, 0) is 56.2 Å². The van der Waals surface area contributed by atoms with Crippen LogP contribution in [0.3, 0.4) is 0 Å². The van der Waals surface area contributed by atoms with Crippen LogP contribution in [0.25, 0.3) is 11.0 Å². The molecule has 2 fully saturated rings. The molecule has 3 aromatic rings. The fourth-order valence-corrected chi connectivity index (χ4v) is 5.61. The van der Waals surface area contributed by atoms with E-state index in [0.29, 0.717) is 35.5 Å². The Morgan fingerprint density at radius 1 is 1.22 bits per heavy atom. The van der Waals surface area contributed by atoms with Gasteiger partial charge in [0.05, 0.1) is 5.39 Å². The number of pyridine rings is 1. The summed E-state index contributed by atoms with van der Waals surface area (Å²) in [4.78, 5) is 41.4. The summed E-state index contributed by atoms with van der Waals surface area (Å²) < 4.78 is 1.64. The number of amides is 1. The van der Waals surface area contributed by atoms with E-state index in [1.807, 2.05) is 13.8 Å². The monoisotopic (exact) mass is 435 g/mol. The van der Waals surface area contributed by atoms with Crippen LogP contribution in [-0.2, 0) is 18.4 Å². The van der Waals surface area contributed by atoms with Gasteiger partial charge in [0, 0.05) is 37.7 Å². The first kappa shape index (κ1) is 20.7. The summed E-state index contributed by atoms with van der Waals surface area (Å²) in [7, 11) is 1.77. The Hall–Kier alpha value is -3.23. The van der Waals surface area contributed by atoms with E-state index in [9.17, 15) is 9.59 Å². The van der Waals surface area contributed by atoms with Crippen LogP contribution in [0.2, 0.25) is 0 Å². The summed E-state index contributed by atoms with van der Waals surface area (Å²) in [5, 5.41) is 6.47. The second-order valence-electron chi connectivity index (χ2n) is 9.04. The number of H-pyrrole nitrogens is 1. The molecule has 0 radical (unpaired) electrons. The van der Waals surface area contributed by atoms with Crippen LogP contribution in [0.15, 0.2) is 23.3 Å². The van der Waals surface area contributed by atoms with E-state index in [1.54, 1.807) is 30.2 Å². The Morgan fingerprint density at radius 3 is 2.75 bits per heavy atom. The third kappa shape index (κ3) is 3.36. The molecular formula is C23H29N7O2. The van der Waals surface area contributed by atoms with Crippen molar-refractivity contribution in [3.63, 3.8) is 0 Å². The minimum Gasteiger partial charge on any atom is -0.350 e. The Balaban J connectivity index is 1.41. The molecule has 1 aliphatic carbocycles. The number of aromatic nitrogens is 5. The van der Waals surface area contributed by atoms with Gasteiger partial charge in [0.15, 0.2) is 5.65 Å². The molecule has 0 spiro atoms. The molecule has 4 heterocycles. The predicted octanol–water partition coefficient (Wildman–Crippen LogP) is 2.12. The number of aryl methyl sites for hydroxylation is 3. The number of aromatic amines is 1. The van der Waals surface area contributed by atoms with Crippen LogP contribution >= 0.6 is 0 Å². The molecule has 1 amide bonds. The zero-order chi connectivity index (χ0) is 22.4. The van der Waals surface area contributed by atoms with Crippen molar-refractivity contribution in [2.45, 2.75) is 64.6 Å². The normalized spacial score (nSPS) is 22.8. The SMILES string of the molecule is Cc1nc2c(c(C)c1CNC(=O)[C@@H]1C[C@@H]3CCCC[C@H]3N1c1ncccn1)c(=O)[nH]n2C. The first-order chi connectivity index (χ1) is 15.5. The highest BCUT2D eigenvalue weighted by Crippen LogP contribution is 2.41. The molecule has 1 saturated heterocycles. The second-order valence-corrected chi connectivity index (χ2v) is 9.04. The molecule has 1 saturated carbocycles. The van der Waals surface area contributed by atoms with Crippen molar-refractivity contribution in [2.75, 3.05) is 4.90 Å². The summed E-state index contributed by atoms with van der Waals surface area (Å²) in [6.07, 6.45) is 8.90. The van der Waals surface area contributed by atoms with Gasteiger partial charge in [0.1, 0.15) is 6.04 Å². The third-order valence-corrected chi connectivity index (χ3v) is 7.19. The molecule has 0 bridgehead atoms. The van der Waals surface area contributed by atoms with E-state index in [-0.39, 0.29) is 17.5 Å². The summed E-state index contributed by atoms with van der Waals surface area (Å²) in [5.41, 5.74) is 3.03. The van der Waals surface area contributed by atoms with E-state index in [0.717, 1.165) is 36.1 Å². The molecule has 2 N–H and O–H groups in total. The van der Waals surface area contributed by atoms with Crippen molar-refractivity contribution in [3.8, 4) is 0 Å². The van der Waals surface area contributed by atoms with Gasteiger partial charge in [0.25, 0.3) is 5.56 Å². The fourth-order valence-electron chi connectivity index (χ4n) is 5.61. The zero-order valence-electron chi connectivity index (χ0n) is 18.8. The lowest BCUT2D eigenvalue weighted by atomic mass is 9.85. The van der Waals surface area contributed by atoms with Crippen LogP contribution in [0.4, 0.5) is 5.95 Å². The Morgan fingerprint density at radius 2 is 1.97 bits per heavy atom. The van der Waals surface area contributed by atoms with E-state index in [4.69, 9.17) is 0 Å². The van der Waals surface area contributed by atoms with Crippen molar-refractivity contribution in [1.29, 1.82) is 0 Å². The zero-order valence-corrected chi connectivity index (χ0v) is 18.8. The van der Waals surface area contributed by atoms with Crippen LogP contribution in [-0.4, -0.2) is 42.7 Å². The number of nitrogens with one attached hydrogen (secondary N) is 2. The van der Waals surface area contributed by atoms with Gasteiger partial charge in [-0.3, -0.25) is 19.4 Å². The maximum absolute atomic E-state index is 13.4. The number of carbonyl (C=O) groups is 1. The van der Waals surface area contributed by atoms with Crippen molar-refractivity contribution >= 4 is 22.9 Å². The van der Waals surface area contributed by atoms with Crippen LogP contribution in [0, 0.1) is 19.8 Å². The lowest BCUT2D eigenvalue weighted by Crippen LogP contribution is -2.47. The minimum atomic E-state index is -0.289. The lowest BCUT2D eigenvalue weighted by molar-refractivity contribution is -0.122. The molecule has 3 atom stereocenters. The molecule has 1 aliphatic heterocycles. The maximum atomic E-state index is 13.4. The molecule has 2 aliphatic rings. The molecule has 9 heteroatoms. The highest BCUT2D eigenvalue weighted by molar-refractivity contribution is 5.86. The molecule has 0 unspecified atom stereocenters. The molecule has 168 valence electrons. The molecule has 0 aromatic carbocycles. The number of hydrogen-bond acceptors (Lipinski definition) is 6. The topological polar surface area (TPSA) is 109 Å². The highest BCUT2D eigenvalue weighted by Gasteiger charge is 2.46. The van der Waals surface area contributed by atoms with E-state index >= 15 is 0 Å². The van der Waals surface area contributed by atoms with Crippen molar-refractivity contribution in [2.24, 2.45) is 13.0 Å². The average Bonchev–Trinajstić information content (AvgIpc) is 3.31. The van der Waals surface area contributed by atoms with Gasteiger partial charge in [-0.2, -0.15) is 0 Å². The van der Waals surface area contributed by atoms with Crippen LogP contribution < -0.4 is 15.8 Å². The first-order valence-corrected chi connectivity index (χ1v) is 11.3. The predicted molar refractivity (Wildman–Crippen MR) is 121 cm³/mol. The average molecular weight is 436 g/mol. The van der Waals surface area contributed by atoms with Crippen molar-refractivity contribution in [3.05, 3.63) is 45.6 Å². The van der Waals surface area contributed by atoms with Gasteiger partial charge in [-0.25, -0.2) is 15.0 Å². The number of anilines is 1. The highest BCUT2D eigenvalue weighted by atomic mass is 16.2. The Kier molecular flexibility index (Phi) is 5.19. The number of fused-ring (bicyclic) bond motifs is 2. The third-order valence-electron chi connectivity index (χ3n) is 7.19. The van der Waals surface area contributed by atoms with Gasteiger partial charge >= 0.3 is 0 Å². The second kappa shape index (κ2) is 8.03. The van der Waals surface area contributed by atoms with Crippen molar-refractivity contribution < 1.29 is 4.79 Å². The van der Waals surface area contributed by atoms with Gasteiger partial charge in [0.2, 0.25) is 11.9 Å². The number of hydrogen-bond donors (Lipinski definition) is 2. The summed E-state index contributed by atoms with van der Waals surface area (Å²) in [6.45, 7) is 4.17. The smallest absolute Gasteiger partial charge is 0.273 e. The van der Waals surface area contributed by atoms with Gasteiger partial charge in [-0.15, -0.1) is 0 Å². The Bertz CT molecular complexity index is 1220. The van der Waals surface area contributed by atoms with E-state index < -0.39 is 0 Å². The quantitative estimate of drug-likeness (QED) is 0.650. The molecule has 5 rings (SSSR count). The summed E-state index contributed by atoms with van der Waals surface area (Å²) >= 11 is 0. The van der Waals surface area contributed by atoms with Crippen LogP contribution in [0.5, 0.6) is 0 Å². The molecular weight excluding hydrogens is 406 g/mol. The standard InChI is InChI=1S/C23H29N7O2/c1-13-16(14(2)27-20-19(13)22(32)28-29(20)3)12-26-21(31)18-11-15-7-4-5-8-17(15)30(18)23-24-9-6-10-25-23/h6,9-10,15,17-18H,4-5,7-8,11-12H2,1-3H3,(H,26,31)(H,28,32)/t15-,17+,18-/m0/s1.